The van der Waals surface area contributed by atoms with Crippen molar-refractivity contribution in [2.75, 3.05) is 18.5 Å². The molecule has 1 aromatic heterocycles. The summed E-state index contributed by atoms with van der Waals surface area (Å²) >= 11 is 5.96. The molecular weight excluding hydrogens is 310 g/mol. The summed E-state index contributed by atoms with van der Waals surface area (Å²) in [6.07, 6.45) is 2.05. The van der Waals surface area contributed by atoms with Gasteiger partial charge in [0.15, 0.2) is 5.69 Å². The van der Waals surface area contributed by atoms with Crippen LogP contribution >= 0.6 is 11.6 Å². The van der Waals surface area contributed by atoms with E-state index in [0.29, 0.717) is 16.8 Å². The van der Waals surface area contributed by atoms with Crippen molar-refractivity contribution in [3.8, 4) is 6.07 Å². The molecule has 1 aliphatic rings. The summed E-state index contributed by atoms with van der Waals surface area (Å²) in [5.41, 5.74) is 1.45. The van der Waals surface area contributed by atoms with E-state index in [-0.39, 0.29) is 11.7 Å². The lowest BCUT2D eigenvalue weighted by Gasteiger charge is -2.22. The second-order valence-corrected chi connectivity index (χ2v) is 6.12. The second-order valence-electron chi connectivity index (χ2n) is 5.71. The number of nitriles is 1. The summed E-state index contributed by atoms with van der Waals surface area (Å²) in [6.45, 7) is 1.65. The van der Waals surface area contributed by atoms with E-state index >= 15 is 0 Å². The van der Waals surface area contributed by atoms with E-state index in [0.717, 1.165) is 26.1 Å². The number of nitrogens with zero attached hydrogens (tertiary/aromatic N) is 2. The first kappa shape index (κ1) is 15.8. The van der Waals surface area contributed by atoms with Gasteiger partial charge in [-0.05, 0) is 36.5 Å². The minimum Gasteiger partial charge on any atom is -0.381 e. The van der Waals surface area contributed by atoms with Crippen LogP contribution < -0.4 is 5.32 Å². The molecule has 0 spiro atoms. The largest absolute Gasteiger partial charge is 0.381 e. The van der Waals surface area contributed by atoms with Crippen LogP contribution in [0.5, 0.6) is 0 Å². The number of anilines is 1. The van der Waals surface area contributed by atoms with Crippen molar-refractivity contribution in [2.45, 2.75) is 18.9 Å². The standard InChI is InChI=1S/C18H18ClN3O/c19-15-6-7-18(22-17(15)11-20)21-16(10-13-8-9-23-12-13)14-4-2-1-3-5-14/h1-7,13,16H,8-10,12H2,(H,21,22). The van der Waals surface area contributed by atoms with Crippen molar-refractivity contribution in [1.29, 1.82) is 5.26 Å². The van der Waals surface area contributed by atoms with Gasteiger partial charge in [-0.2, -0.15) is 5.26 Å². The number of ether oxygens (including phenoxy) is 1. The molecule has 1 aliphatic heterocycles. The van der Waals surface area contributed by atoms with Gasteiger partial charge in [-0.25, -0.2) is 4.98 Å². The number of pyridine rings is 1. The number of aromatic nitrogens is 1. The third-order valence-electron chi connectivity index (χ3n) is 4.07. The molecule has 0 aliphatic carbocycles. The third kappa shape index (κ3) is 4.01. The lowest BCUT2D eigenvalue weighted by molar-refractivity contribution is 0.183. The van der Waals surface area contributed by atoms with Crippen LogP contribution in [0.25, 0.3) is 0 Å². The van der Waals surface area contributed by atoms with E-state index in [1.807, 2.05) is 30.3 Å². The van der Waals surface area contributed by atoms with Crippen LogP contribution in [-0.4, -0.2) is 18.2 Å². The van der Waals surface area contributed by atoms with Crippen LogP contribution in [0.2, 0.25) is 5.02 Å². The summed E-state index contributed by atoms with van der Waals surface area (Å²) in [7, 11) is 0. The number of benzene rings is 1. The van der Waals surface area contributed by atoms with Gasteiger partial charge < -0.3 is 10.1 Å². The molecule has 2 atom stereocenters. The summed E-state index contributed by atoms with van der Waals surface area (Å²) in [4.78, 5) is 4.30. The van der Waals surface area contributed by atoms with E-state index in [1.54, 1.807) is 6.07 Å². The van der Waals surface area contributed by atoms with Gasteiger partial charge >= 0.3 is 0 Å². The fraction of sp³-hybridized carbons (Fsp3) is 0.333. The van der Waals surface area contributed by atoms with Crippen molar-refractivity contribution in [3.05, 3.63) is 58.7 Å². The molecule has 3 rings (SSSR count). The maximum Gasteiger partial charge on any atom is 0.161 e. The van der Waals surface area contributed by atoms with Crippen molar-refractivity contribution < 1.29 is 4.74 Å². The van der Waals surface area contributed by atoms with Crippen LogP contribution in [0.4, 0.5) is 5.82 Å². The Morgan fingerprint density at radius 2 is 2.13 bits per heavy atom. The average molecular weight is 328 g/mol. The Bertz CT molecular complexity index is 693. The fourth-order valence-corrected chi connectivity index (χ4v) is 2.99. The summed E-state index contributed by atoms with van der Waals surface area (Å²) in [6, 6.07) is 15.9. The highest BCUT2D eigenvalue weighted by Gasteiger charge is 2.22. The first-order valence-electron chi connectivity index (χ1n) is 7.72. The highest BCUT2D eigenvalue weighted by Crippen LogP contribution is 2.29. The van der Waals surface area contributed by atoms with E-state index in [9.17, 15) is 0 Å². The van der Waals surface area contributed by atoms with Gasteiger partial charge in [0.1, 0.15) is 11.9 Å². The predicted molar refractivity (Wildman–Crippen MR) is 90.3 cm³/mol. The first-order valence-corrected chi connectivity index (χ1v) is 8.10. The molecule has 0 radical (unpaired) electrons. The Morgan fingerprint density at radius 1 is 1.30 bits per heavy atom. The van der Waals surface area contributed by atoms with E-state index < -0.39 is 0 Å². The molecule has 0 amide bonds. The molecule has 0 saturated carbocycles. The molecule has 5 heteroatoms. The lowest BCUT2D eigenvalue weighted by Crippen LogP contribution is -2.16. The number of halogens is 1. The van der Waals surface area contributed by atoms with Crippen molar-refractivity contribution in [2.24, 2.45) is 5.92 Å². The quantitative estimate of drug-likeness (QED) is 0.894. The molecule has 4 nitrogen and oxygen atoms in total. The van der Waals surface area contributed by atoms with Crippen LogP contribution in [0.3, 0.4) is 0 Å². The van der Waals surface area contributed by atoms with E-state index in [4.69, 9.17) is 21.6 Å². The molecule has 118 valence electrons. The minimum absolute atomic E-state index is 0.128. The Hall–Kier alpha value is -2.09. The summed E-state index contributed by atoms with van der Waals surface area (Å²) in [5.74, 6) is 1.20. The first-order chi connectivity index (χ1) is 11.3. The highest BCUT2D eigenvalue weighted by atomic mass is 35.5. The monoisotopic (exact) mass is 327 g/mol. The van der Waals surface area contributed by atoms with Gasteiger partial charge in [0, 0.05) is 13.2 Å². The second kappa shape index (κ2) is 7.45. The smallest absolute Gasteiger partial charge is 0.161 e. The third-order valence-corrected chi connectivity index (χ3v) is 4.37. The minimum atomic E-state index is 0.128. The van der Waals surface area contributed by atoms with Crippen molar-refractivity contribution >= 4 is 17.4 Å². The maximum atomic E-state index is 9.08. The van der Waals surface area contributed by atoms with Gasteiger partial charge in [-0.3, -0.25) is 0 Å². The molecule has 23 heavy (non-hydrogen) atoms. The SMILES string of the molecule is N#Cc1nc(NC(CC2CCOC2)c2ccccc2)ccc1Cl. The van der Waals surface area contributed by atoms with Gasteiger partial charge in [-0.1, -0.05) is 41.9 Å². The van der Waals surface area contributed by atoms with Crippen LogP contribution in [-0.2, 0) is 4.74 Å². The summed E-state index contributed by atoms with van der Waals surface area (Å²) < 4.78 is 5.49. The van der Waals surface area contributed by atoms with Crippen molar-refractivity contribution in [1.82, 2.24) is 4.98 Å². The lowest BCUT2D eigenvalue weighted by atomic mass is 9.94. The Balaban J connectivity index is 1.82. The molecule has 1 fully saturated rings. The molecule has 2 heterocycles. The van der Waals surface area contributed by atoms with Gasteiger partial charge in [0.05, 0.1) is 11.1 Å². The normalized spacial score (nSPS) is 18.3. The number of nitrogens with one attached hydrogen (secondary N) is 1. The number of hydrogen-bond donors (Lipinski definition) is 1. The topological polar surface area (TPSA) is 57.9 Å². The van der Waals surface area contributed by atoms with Gasteiger partial charge in [0.25, 0.3) is 0 Å². The van der Waals surface area contributed by atoms with Gasteiger partial charge in [0.2, 0.25) is 0 Å². The molecule has 0 bridgehead atoms. The average Bonchev–Trinajstić information content (AvgIpc) is 3.10. The van der Waals surface area contributed by atoms with E-state index in [2.05, 4.69) is 22.4 Å². The molecular formula is C18H18ClN3O. The Labute approximate surface area is 141 Å². The molecule has 2 unspecified atom stereocenters. The fourth-order valence-electron chi connectivity index (χ4n) is 2.85. The summed E-state index contributed by atoms with van der Waals surface area (Å²) in [5, 5.41) is 12.9. The van der Waals surface area contributed by atoms with Crippen LogP contribution in [0, 0.1) is 17.2 Å². The zero-order valence-electron chi connectivity index (χ0n) is 12.7. The Morgan fingerprint density at radius 3 is 2.83 bits per heavy atom. The van der Waals surface area contributed by atoms with Crippen LogP contribution in [0.1, 0.15) is 30.1 Å². The van der Waals surface area contributed by atoms with Crippen LogP contribution in [0.15, 0.2) is 42.5 Å². The van der Waals surface area contributed by atoms with E-state index in [1.165, 1.54) is 5.56 Å². The van der Waals surface area contributed by atoms with Crippen molar-refractivity contribution in [3.63, 3.8) is 0 Å². The maximum absolute atomic E-state index is 9.08. The zero-order chi connectivity index (χ0) is 16.1. The molecule has 1 N–H and O–H groups in total. The number of hydrogen-bond acceptors (Lipinski definition) is 4. The Kier molecular flexibility index (Phi) is 5.12. The molecule has 1 aromatic carbocycles. The molecule has 2 aromatic rings. The van der Waals surface area contributed by atoms with Gasteiger partial charge in [-0.15, -0.1) is 0 Å². The predicted octanol–water partition coefficient (Wildman–Crippen LogP) is 4.19. The zero-order valence-corrected chi connectivity index (χ0v) is 13.5. The molecule has 1 saturated heterocycles. The number of rotatable bonds is 5. The highest BCUT2D eigenvalue weighted by molar-refractivity contribution is 6.31.